The van der Waals surface area contributed by atoms with E-state index in [0.717, 1.165) is 29.4 Å². The van der Waals surface area contributed by atoms with Crippen LogP contribution >= 0.6 is 0 Å². The minimum atomic E-state index is 0.108. The average Bonchev–Trinajstić information content (AvgIpc) is 3.06. The number of aryl methyl sites for hydroxylation is 1. The molecule has 1 aliphatic carbocycles. The van der Waals surface area contributed by atoms with Crippen molar-refractivity contribution >= 4 is 16.8 Å². The highest BCUT2D eigenvalue weighted by atomic mass is 16.3. The van der Waals surface area contributed by atoms with Gasteiger partial charge in [-0.15, -0.1) is 0 Å². The van der Waals surface area contributed by atoms with Crippen molar-refractivity contribution in [2.45, 2.75) is 46.0 Å². The first-order valence-corrected chi connectivity index (χ1v) is 6.95. The Morgan fingerprint density at radius 2 is 1.89 bits per heavy atom. The molecule has 2 heteroatoms. The quantitative estimate of drug-likeness (QED) is 0.733. The van der Waals surface area contributed by atoms with E-state index in [9.17, 15) is 4.79 Å². The molecule has 1 fully saturated rings. The highest BCUT2D eigenvalue weighted by Crippen LogP contribution is 2.36. The first-order valence-electron chi connectivity index (χ1n) is 6.95. The molecule has 0 saturated heterocycles. The van der Waals surface area contributed by atoms with Gasteiger partial charge in [0.1, 0.15) is 5.58 Å². The minimum absolute atomic E-state index is 0.108. The summed E-state index contributed by atoms with van der Waals surface area (Å²) >= 11 is 0. The van der Waals surface area contributed by atoms with Crippen LogP contribution < -0.4 is 0 Å². The fourth-order valence-electron chi connectivity index (χ4n) is 2.43. The maximum absolute atomic E-state index is 12.1. The fraction of sp³-hybridized carbons (Fsp3) is 0.471. The summed E-state index contributed by atoms with van der Waals surface area (Å²) in [6, 6.07) is 6.23. The zero-order chi connectivity index (χ0) is 13.8. The molecule has 0 spiro atoms. The Hall–Kier alpha value is -1.57. The largest absolute Gasteiger partial charge is 0.453 e. The van der Waals surface area contributed by atoms with Crippen LogP contribution in [0.1, 0.15) is 55.3 Å². The van der Waals surface area contributed by atoms with Crippen molar-refractivity contribution in [2.75, 3.05) is 0 Å². The van der Waals surface area contributed by atoms with Gasteiger partial charge in [0.15, 0.2) is 5.76 Å². The van der Waals surface area contributed by atoms with Crippen LogP contribution in [0.15, 0.2) is 22.6 Å². The van der Waals surface area contributed by atoms with Crippen molar-refractivity contribution in [1.29, 1.82) is 0 Å². The van der Waals surface area contributed by atoms with Gasteiger partial charge in [0, 0.05) is 11.3 Å². The third kappa shape index (κ3) is 2.20. The van der Waals surface area contributed by atoms with Gasteiger partial charge in [0.2, 0.25) is 5.78 Å². The van der Waals surface area contributed by atoms with Crippen molar-refractivity contribution < 1.29 is 9.21 Å². The van der Waals surface area contributed by atoms with Gasteiger partial charge in [-0.3, -0.25) is 4.79 Å². The van der Waals surface area contributed by atoms with Crippen molar-refractivity contribution in [3.05, 3.63) is 35.1 Å². The Morgan fingerprint density at radius 3 is 2.47 bits per heavy atom. The molecular weight excluding hydrogens is 236 g/mol. The molecule has 0 atom stereocenters. The van der Waals surface area contributed by atoms with Gasteiger partial charge in [0.05, 0.1) is 0 Å². The summed E-state index contributed by atoms with van der Waals surface area (Å²) in [4.78, 5) is 12.1. The third-order valence-electron chi connectivity index (χ3n) is 3.86. The molecule has 19 heavy (non-hydrogen) atoms. The Labute approximate surface area is 113 Å². The minimum Gasteiger partial charge on any atom is -0.453 e. The predicted octanol–water partition coefficient (Wildman–Crippen LogP) is 4.63. The molecule has 3 rings (SSSR count). The summed E-state index contributed by atoms with van der Waals surface area (Å²) in [5, 5.41) is 1.05. The van der Waals surface area contributed by atoms with E-state index < -0.39 is 0 Å². The lowest BCUT2D eigenvalue weighted by molar-refractivity contribution is 0.0942. The standard InChI is InChI=1S/C17H20O2/c1-10-7-13(17(2,3)4)8-12-9-14(19-16(10)12)15(18)11-5-6-11/h7-9,11H,5-6H2,1-4H3. The van der Waals surface area contributed by atoms with Gasteiger partial charge in [-0.25, -0.2) is 0 Å². The molecule has 100 valence electrons. The lowest BCUT2D eigenvalue weighted by Gasteiger charge is -2.19. The molecule has 2 aromatic rings. The zero-order valence-electron chi connectivity index (χ0n) is 12.0. The summed E-state index contributed by atoms with van der Waals surface area (Å²) in [6.07, 6.45) is 2.03. The van der Waals surface area contributed by atoms with Crippen molar-refractivity contribution in [3.8, 4) is 0 Å². The van der Waals surface area contributed by atoms with Gasteiger partial charge >= 0.3 is 0 Å². The van der Waals surface area contributed by atoms with Crippen LogP contribution in [0, 0.1) is 12.8 Å². The SMILES string of the molecule is Cc1cc(C(C)(C)C)cc2cc(C(=O)C3CC3)oc12. The van der Waals surface area contributed by atoms with Gasteiger partial charge in [-0.1, -0.05) is 26.8 Å². The molecule has 0 radical (unpaired) electrons. The van der Waals surface area contributed by atoms with E-state index in [2.05, 4.69) is 32.9 Å². The fourth-order valence-corrected chi connectivity index (χ4v) is 2.43. The second kappa shape index (κ2) is 3.96. The number of hydrogen-bond acceptors (Lipinski definition) is 2. The summed E-state index contributed by atoms with van der Waals surface area (Å²) in [6.45, 7) is 8.64. The lowest BCUT2D eigenvalue weighted by atomic mass is 9.85. The zero-order valence-corrected chi connectivity index (χ0v) is 12.0. The number of benzene rings is 1. The number of ketones is 1. The number of fused-ring (bicyclic) bond motifs is 1. The molecule has 1 heterocycles. The topological polar surface area (TPSA) is 30.2 Å². The molecule has 1 saturated carbocycles. The number of hydrogen-bond donors (Lipinski definition) is 0. The van der Waals surface area contributed by atoms with Gasteiger partial charge in [-0.05, 0) is 48.4 Å². The van der Waals surface area contributed by atoms with Crippen LogP contribution in [0.25, 0.3) is 11.0 Å². The molecule has 2 nitrogen and oxygen atoms in total. The second-order valence-electron chi connectivity index (χ2n) is 6.71. The molecular formula is C17H20O2. The Kier molecular flexibility index (Phi) is 2.60. The van der Waals surface area contributed by atoms with Crippen LogP contribution in [0.5, 0.6) is 0 Å². The Bertz CT molecular complexity index is 652. The van der Waals surface area contributed by atoms with E-state index in [4.69, 9.17) is 4.42 Å². The number of Topliss-reactive ketones (excluding diaryl/α,β-unsaturated/α-hetero) is 1. The molecule has 1 aromatic carbocycles. The molecule has 0 unspecified atom stereocenters. The van der Waals surface area contributed by atoms with Crippen LogP contribution in [0.4, 0.5) is 0 Å². The first-order chi connectivity index (χ1) is 8.86. The van der Waals surface area contributed by atoms with Gasteiger partial charge in [-0.2, -0.15) is 0 Å². The third-order valence-corrected chi connectivity index (χ3v) is 3.86. The highest BCUT2D eigenvalue weighted by molar-refractivity contribution is 6.00. The van der Waals surface area contributed by atoms with E-state index in [-0.39, 0.29) is 17.1 Å². The Balaban J connectivity index is 2.11. The summed E-state index contributed by atoms with van der Waals surface area (Å²) < 4.78 is 5.78. The molecule has 0 bridgehead atoms. The van der Waals surface area contributed by atoms with Crippen molar-refractivity contribution in [3.63, 3.8) is 0 Å². The molecule has 0 N–H and O–H groups in total. The van der Waals surface area contributed by atoms with E-state index >= 15 is 0 Å². The number of carbonyl (C=O) groups is 1. The van der Waals surface area contributed by atoms with Crippen LogP contribution in [0.3, 0.4) is 0 Å². The molecule has 0 amide bonds. The number of rotatable bonds is 2. The van der Waals surface area contributed by atoms with E-state index in [1.165, 1.54) is 5.56 Å². The highest BCUT2D eigenvalue weighted by Gasteiger charge is 2.32. The summed E-state index contributed by atoms with van der Waals surface area (Å²) in [5.74, 6) is 0.919. The van der Waals surface area contributed by atoms with E-state index in [0.29, 0.717) is 5.76 Å². The summed E-state index contributed by atoms with van der Waals surface area (Å²) in [7, 11) is 0. The van der Waals surface area contributed by atoms with Gasteiger partial charge < -0.3 is 4.42 Å². The van der Waals surface area contributed by atoms with Crippen molar-refractivity contribution in [2.24, 2.45) is 5.92 Å². The Morgan fingerprint density at radius 1 is 1.21 bits per heavy atom. The first kappa shape index (κ1) is 12.5. The number of carbonyl (C=O) groups excluding carboxylic acids is 1. The average molecular weight is 256 g/mol. The maximum atomic E-state index is 12.1. The number of furan rings is 1. The monoisotopic (exact) mass is 256 g/mol. The lowest BCUT2D eigenvalue weighted by Crippen LogP contribution is -2.10. The van der Waals surface area contributed by atoms with Crippen LogP contribution in [0.2, 0.25) is 0 Å². The normalized spacial score (nSPS) is 16.0. The second-order valence-corrected chi connectivity index (χ2v) is 6.71. The predicted molar refractivity (Wildman–Crippen MR) is 76.7 cm³/mol. The van der Waals surface area contributed by atoms with Gasteiger partial charge in [0.25, 0.3) is 0 Å². The van der Waals surface area contributed by atoms with E-state index in [1.807, 2.05) is 13.0 Å². The van der Waals surface area contributed by atoms with Crippen molar-refractivity contribution in [1.82, 2.24) is 0 Å². The molecule has 0 aliphatic heterocycles. The molecule has 1 aliphatic rings. The molecule has 1 aromatic heterocycles. The smallest absolute Gasteiger partial charge is 0.201 e. The van der Waals surface area contributed by atoms with Crippen LogP contribution in [-0.2, 0) is 5.41 Å². The van der Waals surface area contributed by atoms with E-state index in [1.54, 1.807) is 0 Å². The summed E-state index contributed by atoms with van der Waals surface area (Å²) in [5.41, 5.74) is 3.36. The maximum Gasteiger partial charge on any atom is 0.201 e. The van der Waals surface area contributed by atoms with Crippen LogP contribution in [-0.4, -0.2) is 5.78 Å².